The molecule has 5 nitrogen and oxygen atoms in total. The molecule has 0 aliphatic carbocycles. The van der Waals surface area contributed by atoms with Crippen molar-refractivity contribution in [3.8, 4) is 0 Å². The third-order valence-corrected chi connectivity index (χ3v) is 3.30. The van der Waals surface area contributed by atoms with E-state index in [1.165, 1.54) is 0 Å². The molecule has 1 aliphatic heterocycles. The molecular weight excluding hydrogens is 218 g/mol. The standard InChI is InChI=1S/C12H23N3O2/c1-3-14-11(16)10-4-6-15(7-5-10)12(17)9(2)8-13/h9-10H,3-8,13H2,1-2H3,(H,14,16). The predicted octanol–water partition coefficient (Wildman–Crippen LogP) is -0.0441. The number of amides is 2. The van der Waals surface area contributed by atoms with E-state index in [9.17, 15) is 9.59 Å². The number of rotatable bonds is 4. The molecule has 0 aromatic heterocycles. The largest absolute Gasteiger partial charge is 0.356 e. The average Bonchev–Trinajstić information content (AvgIpc) is 2.37. The quantitative estimate of drug-likeness (QED) is 0.725. The summed E-state index contributed by atoms with van der Waals surface area (Å²) < 4.78 is 0. The molecule has 1 unspecified atom stereocenters. The summed E-state index contributed by atoms with van der Waals surface area (Å²) in [5, 5.41) is 2.83. The molecule has 0 bridgehead atoms. The van der Waals surface area contributed by atoms with Gasteiger partial charge in [0.25, 0.3) is 0 Å². The van der Waals surface area contributed by atoms with Gasteiger partial charge >= 0.3 is 0 Å². The van der Waals surface area contributed by atoms with Gasteiger partial charge in [-0.15, -0.1) is 0 Å². The van der Waals surface area contributed by atoms with Crippen LogP contribution in [0.5, 0.6) is 0 Å². The highest BCUT2D eigenvalue weighted by Crippen LogP contribution is 2.18. The van der Waals surface area contributed by atoms with E-state index in [2.05, 4.69) is 5.32 Å². The van der Waals surface area contributed by atoms with Crippen molar-refractivity contribution in [2.45, 2.75) is 26.7 Å². The molecule has 2 amide bonds. The van der Waals surface area contributed by atoms with Gasteiger partial charge in [-0.2, -0.15) is 0 Å². The topological polar surface area (TPSA) is 75.4 Å². The minimum absolute atomic E-state index is 0.0622. The van der Waals surface area contributed by atoms with Crippen LogP contribution in [0.1, 0.15) is 26.7 Å². The van der Waals surface area contributed by atoms with Gasteiger partial charge in [-0.1, -0.05) is 6.92 Å². The zero-order valence-electron chi connectivity index (χ0n) is 10.7. The van der Waals surface area contributed by atoms with Crippen molar-refractivity contribution in [2.75, 3.05) is 26.2 Å². The van der Waals surface area contributed by atoms with Crippen molar-refractivity contribution in [1.82, 2.24) is 10.2 Å². The molecule has 17 heavy (non-hydrogen) atoms. The fraction of sp³-hybridized carbons (Fsp3) is 0.833. The lowest BCUT2D eigenvalue weighted by molar-refractivity contribution is -0.138. The molecule has 0 spiro atoms. The van der Waals surface area contributed by atoms with Crippen LogP contribution in [-0.2, 0) is 9.59 Å². The predicted molar refractivity (Wildman–Crippen MR) is 66.2 cm³/mol. The molecule has 3 N–H and O–H groups in total. The van der Waals surface area contributed by atoms with Gasteiger partial charge in [0.1, 0.15) is 0 Å². The number of likely N-dealkylation sites (tertiary alicyclic amines) is 1. The Morgan fingerprint density at radius 3 is 2.47 bits per heavy atom. The summed E-state index contributed by atoms with van der Waals surface area (Å²) in [6.45, 7) is 6.16. The second kappa shape index (κ2) is 6.59. The molecule has 98 valence electrons. The Hall–Kier alpha value is -1.10. The highest BCUT2D eigenvalue weighted by molar-refractivity contribution is 5.81. The van der Waals surface area contributed by atoms with E-state index in [1.54, 1.807) is 0 Å². The molecule has 1 saturated heterocycles. The normalized spacial score (nSPS) is 18.9. The Balaban J connectivity index is 2.40. The van der Waals surface area contributed by atoms with Gasteiger partial charge in [0.2, 0.25) is 11.8 Å². The molecule has 0 saturated carbocycles. The first-order valence-electron chi connectivity index (χ1n) is 6.36. The second-order valence-electron chi connectivity index (χ2n) is 4.63. The summed E-state index contributed by atoms with van der Waals surface area (Å²) in [4.78, 5) is 25.3. The Morgan fingerprint density at radius 2 is 2.00 bits per heavy atom. The number of nitrogens with zero attached hydrogens (tertiary/aromatic N) is 1. The minimum atomic E-state index is -0.115. The summed E-state index contributed by atoms with van der Waals surface area (Å²) in [6.07, 6.45) is 1.52. The molecule has 0 aromatic carbocycles. The van der Waals surface area contributed by atoms with Gasteiger partial charge in [0.05, 0.1) is 0 Å². The lowest BCUT2D eigenvalue weighted by Crippen LogP contribution is -2.45. The monoisotopic (exact) mass is 241 g/mol. The second-order valence-corrected chi connectivity index (χ2v) is 4.63. The van der Waals surface area contributed by atoms with Crippen LogP contribution >= 0.6 is 0 Å². The summed E-state index contributed by atoms with van der Waals surface area (Å²) in [5.74, 6) is 0.177. The molecule has 0 radical (unpaired) electrons. The first kappa shape index (κ1) is 14.0. The van der Waals surface area contributed by atoms with Crippen molar-refractivity contribution in [1.29, 1.82) is 0 Å². The highest BCUT2D eigenvalue weighted by Gasteiger charge is 2.28. The third-order valence-electron chi connectivity index (χ3n) is 3.30. The van der Waals surface area contributed by atoms with Gasteiger partial charge in [-0.05, 0) is 19.8 Å². The van der Waals surface area contributed by atoms with Crippen LogP contribution in [0.25, 0.3) is 0 Å². The smallest absolute Gasteiger partial charge is 0.226 e. The SMILES string of the molecule is CCNC(=O)C1CCN(C(=O)C(C)CN)CC1. The molecular formula is C12H23N3O2. The fourth-order valence-corrected chi connectivity index (χ4v) is 2.09. The minimum Gasteiger partial charge on any atom is -0.356 e. The number of carbonyl (C=O) groups excluding carboxylic acids is 2. The number of carbonyl (C=O) groups is 2. The van der Waals surface area contributed by atoms with E-state index in [0.717, 1.165) is 12.8 Å². The maximum absolute atomic E-state index is 11.9. The lowest BCUT2D eigenvalue weighted by Gasteiger charge is -2.32. The number of nitrogens with one attached hydrogen (secondary N) is 1. The van der Waals surface area contributed by atoms with Gasteiger partial charge in [-0.3, -0.25) is 9.59 Å². The Labute approximate surface area is 103 Å². The van der Waals surface area contributed by atoms with Crippen LogP contribution in [0.2, 0.25) is 0 Å². The molecule has 5 heteroatoms. The maximum atomic E-state index is 11.9. The number of hydrogen-bond donors (Lipinski definition) is 2. The van der Waals surface area contributed by atoms with Crippen molar-refractivity contribution in [3.05, 3.63) is 0 Å². The first-order chi connectivity index (χ1) is 8.10. The zero-order valence-corrected chi connectivity index (χ0v) is 10.7. The lowest BCUT2D eigenvalue weighted by atomic mass is 9.95. The first-order valence-corrected chi connectivity index (χ1v) is 6.36. The molecule has 0 aromatic rings. The zero-order chi connectivity index (χ0) is 12.8. The van der Waals surface area contributed by atoms with Crippen LogP contribution in [-0.4, -0.2) is 42.9 Å². The number of piperidine rings is 1. The molecule has 1 rings (SSSR count). The van der Waals surface area contributed by atoms with Crippen LogP contribution in [0.15, 0.2) is 0 Å². The summed E-state index contributed by atoms with van der Waals surface area (Å²) in [6, 6.07) is 0. The number of nitrogens with two attached hydrogens (primary N) is 1. The van der Waals surface area contributed by atoms with E-state index in [1.807, 2.05) is 18.7 Å². The van der Waals surface area contributed by atoms with Crippen molar-refractivity contribution < 1.29 is 9.59 Å². The highest BCUT2D eigenvalue weighted by atomic mass is 16.2. The van der Waals surface area contributed by atoms with Crippen LogP contribution < -0.4 is 11.1 Å². The van der Waals surface area contributed by atoms with Crippen LogP contribution in [0.4, 0.5) is 0 Å². The van der Waals surface area contributed by atoms with Gasteiger partial charge in [0, 0.05) is 38.0 Å². The van der Waals surface area contributed by atoms with E-state index >= 15 is 0 Å². The van der Waals surface area contributed by atoms with E-state index in [0.29, 0.717) is 26.2 Å². The van der Waals surface area contributed by atoms with E-state index in [4.69, 9.17) is 5.73 Å². The van der Waals surface area contributed by atoms with Gasteiger partial charge in [-0.25, -0.2) is 0 Å². The molecule has 1 aliphatic rings. The summed E-state index contributed by atoms with van der Waals surface area (Å²) in [5.41, 5.74) is 5.48. The average molecular weight is 241 g/mol. The molecule has 1 fully saturated rings. The van der Waals surface area contributed by atoms with Crippen molar-refractivity contribution in [3.63, 3.8) is 0 Å². The van der Waals surface area contributed by atoms with Gasteiger partial charge in [0.15, 0.2) is 0 Å². The summed E-state index contributed by atoms with van der Waals surface area (Å²) >= 11 is 0. The van der Waals surface area contributed by atoms with Crippen LogP contribution in [0.3, 0.4) is 0 Å². The maximum Gasteiger partial charge on any atom is 0.226 e. The van der Waals surface area contributed by atoms with Crippen molar-refractivity contribution in [2.24, 2.45) is 17.6 Å². The summed E-state index contributed by atoms with van der Waals surface area (Å²) in [7, 11) is 0. The fourth-order valence-electron chi connectivity index (χ4n) is 2.09. The van der Waals surface area contributed by atoms with Crippen LogP contribution in [0, 0.1) is 11.8 Å². The van der Waals surface area contributed by atoms with Crippen molar-refractivity contribution >= 4 is 11.8 Å². The molecule has 1 atom stereocenters. The van der Waals surface area contributed by atoms with Gasteiger partial charge < -0.3 is 16.0 Å². The Morgan fingerprint density at radius 1 is 1.41 bits per heavy atom. The van der Waals surface area contributed by atoms with E-state index < -0.39 is 0 Å². The number of hydrogen-bond acceptors (Lipinski definition) is 3. The Bertz CT molecular complexity index is 273. The van der Waals surface area contributed by atoms with E-state index in [-0.39, 0.29) is 23.7 Å². The Kier molecular flexibility index (Phi) is 5.41. The third kappa shape index (κ3) is 3.70. The molecule has 1 heterocycles.